The highest BCUT2D eigenvalue weighted by atomic mass is 16.6. The van der Waals surface area contributed by atoms with Crippen LogP contribution in [0.5, 0.6) is 0 Å². The Kier molecular flexibility index (Phi) is 5.42. The van der Waals surface area contributed by atoms with Crippen molar-refractivity contribution in [3.05, 3.63) is 0 Å². The number of nitrogens with zero attached hydrogens (tertiary/aromatic N) is 1. The van der Waals surface area contributed by atoms with Gasteiger partial charge in [-0.2, -0.15) is 0 Å². The lowest BCUT2D eigenvalue weighted by Gasteiger charge is -2.26. The Hall–Kier alpha value is -0.810. The van der Waals surface area contributed by atoms with Crippen molar-refractivity contribution < 1.29 is 9.63 Å². The molecule has 0 radical (unpaired) electrons. The molecule has 0 aromatic heterocycles. The molecule has 15 heavy (non-hydrogen) atoms. The van der Waals surface area contributed by atoms with Crippen LogP contribution in [0.25, 0.3) is 0 Å². The Labute approximate surface area is 90.9 Å². The van der Waals surface area contributed by atoms with Crippen LogP contribution in [-0.4, -0.2) is 37.2 Å². The number of likely N-dealkylation sites (N-methyl/N-ethyl adjacent to an activating group) is 1. The lowest BCUT2D eigenvalue weighted by atomic mass is 9.96. The van der Waals surface area contributed by atoms with E-state index >= 15 is 0 Å². The summed E-state index contributed by atoms with van der Waals surface area (Å²) >= 11 is 0. The molecule has 0 bridgehead atoms. The van der Waals surface area contributed by atoms with E-state index in [1.807, 2.05) is 0 Å². The third-order valence-corrected chi connectivity index (χ3v) is 2.82. The van der Waals surface area contributed by atoms with Gasteiger partial charge in [0.05, 0.1) is 6.61 Å². The van der Waals surface area contributed by atoms with E-state index < -0.39 is 0 Å². The van der Waals surface area contributed by atoms with Crippen LogP contribution in [0.15, 0.2) is 0 Å². The smallest absolute Gasteiger partial charge is 0.317 e. The molecule has 0 aromatic carbocycles. The van der Waals surface area contributed by atoms with Gasteiger partial charge in [0.15, 0.2) is 0 Å². The molecule has 0 aromatic rings. The van der Waals surface area contributed by atoms with Gasteiger partial charge in [0.2, 0.25) is 0 Å². The molecule has 88 valence electrons. The fraction of sp³-hybridized carbons (Fsp3) is 0.900. The van der Waals surface area contributed by atoms with Crippen molar-refractivity contribution in [2.45, 2.75) is 38.1 Å². The van der Waals surface area contributed by atoms with Crippen molar-refractivity contribution in [1.29, 1.82) is 0 Å². The molecule has 1 rings (SSSR count). The van der Waals surface area contributed by atoms with Gasteiger partial charge in [-0.25, -0.2) is 10.7 Å². The molecular formula is C10H21N3O2. The number of amides is 2. The Balaban J connectivity index is 2.20. The molecule has 0 unspecified atom stereocenters. The van der Waals surface area contributed by atoms with Gasteiger partial charge in [-0.15, -0.1) is 0 Å². The first kappa shape index (κ1) is 12.3. The molecule has 1 fully saturated rings. The number of nitrogens with two attached hydrogens (primary N) is 1. The number of nitrogens with one attached hydrogen (secondary N) is 1. The van der Waals surface area contributed by atoms with Crippen LogP contribution >= 0.6 is 0 Å². The molecule has 1 aliphatic rings. The Morgan fingerprint density at radius 1 is 1.47 bits per heavy atom. The predicted octanol–water partition coefficient (Wildman–Crippen LogP) is 0.851. The average Bonchev–Trinajstić information content (AvgIpc) is 2.27. The summed E-state index contributed by atoms with van der Waals surface area (Å²) in [4.78, 5) is 17.7. The standard InChI is InChI=1S/C10H21N3O2/c1-13(7-8-15-11)10(14)12-9-5-3-2-4-6-9/h9H,2-8,11H2,1H3,(H,12,14). The van der Waals surface area contributed by atoms with Gasteiger partial charge in [0.1, 0.15) is 0 Å². The summed E-state index contributed by atoms with van der Waals surface area (Å²) in [5.74, 6) is 4.90. The van der Waals surface area contributed by atoms with Gasteiger partial charge in [0, 0.05) is 19.6 Å². The molecule has 0 atom stereocenters. The van der Waals surface area contributed by atoms with Gasteiger partial charge >= 0.3 is 6.03 Å². The van der Waals surface area contributed by atoms with Crippen LogP contribution < -0.4 is 11.2 Å². The molecule has 3 N–H and O–H groups in total. The largest absolute Gasteiger partial charge is 0.335 e. The SMILES string of the molecule is CN(CCON)C(=O)NC1CCCCC1. The zero-order chi connectivity index (χ0) is 11.1. The van der Waals surface area contributed by atoms with E-state index in [1.165, 1.54) is 19.3 Å². The maximum Gasteiger partial charge on any atom is 0.317 e. The average molecular weight is 215 g/mol. The van der Waals surface area contributed by atoms with E-state index in [0.717, 1.165) is 12.8 Å². The lowest BCUT2D eigenvalue weighted by Crippen LogP contribution is -2.44. The third kappa shape index (κ3) is 4.48. The Morgan fingerprint density at radius 3 is 2.73 bits per heavy atom. The van der Waals surface area contributed by atoms with Crippen LogP contribution in [0, 0.1) is 0 Å². The number of carbonyl (C=O) groups is 1. The molecule has 1 saturated carbocycles. The summed E-state index contributed by atoms with van der Waals surface area (Å²) in [6.07, 6.45) is 5.95. The normalized spacial score (nSPS) is 17.5. The molecule has 0 spiro atoms. The monoisotopic (exact) mass is 215 g/mol. The first-order chi connectivity index (χ1) is 7.24. The van der Waals surface area contributed by atoms with E-state index in [-0.39, 0.29) is 6.03 Å². The van der Waals surface area contributed by atoms with Crippen molar-refractivity contribution in [3.63, 3.8) is 0 Å². The highest BCUT2D eigenvalue weighted by molar-refractivity contribution is 5.74. The van der Waals surface area contributed by atoms with E-state index in [4.69, 9.17) is 5.90 Å². The van der Waals surface area contributed by atoms with Gasteiger partial charge < -0.3 is 15.1 Å². The molecular weight excluding hydrogens is 194 g/mol. The molecule has 0 heterocycles. The summed E-state index contributed by atoms with van der Waals surface area (Å²) in [6.45, 7) is 0.892. The molecule has 5 heteroatoms. The van der Waals surface area contributed by atoms with Crippen LogP contribution in [0.1, 0.15) is 32.1 Å². The Bertz CT molecular complexity index is 193. The lowest BCUT2D eigenvalue weighted by molar-refractivity contribution is 0.117. The van der Waals surface area contributed by atoms with Crippen LogP contribution in [0.3, 0.4) is 0 Å². The minimum Gasteiger partial charge on any atom is -0.335 e. The summed E-state index contributed by atoms with van der Waals surface area (Å²) < 4.78 is 0. The zero-order valence-electron chi connectivity index (χ0n) is 9.37. The number of urea groups is 1. The predicted molar refractivity (Wildman–Crippen MR) is 58.2 cm³/mol. The van der Waals surface area contributed by atoms with Crippen LogP contribution in [-0.2, 0) is 4.84 Å². The van der Waals surface area contributed by atoms with Crippen molar-refractivity contribution in [3.8, 4) is 0 Å². The van der Waals surface area contributed by atoms with Gasteiger partial charge in [-0.1, -0.05) is 19.3 Å². The maximum absolute atomic E-state index is 11.6. The van der Waals surface area contributed by atoms with Crippen LogP contribution in [0.2, 0.25) is 0 Å². The highest BCUT2D eigenvalue weighted by Crippen LogP contribution is 2.17. The molecule has 0 saturated heterocycles. The molecule has 5 nitrogen and oxygen atoms in total. The van der Waals surface area contributed by atoms with E-state index in [1.54, 1.807) is 11.9 Å². The first-order valence-electron chi connectivity index (χ1n) is 5.57. The summed E-state index contributed by atoms with van der Waals surface area (Å²) in [6, 6.07) is 0.325. The number of hydrogen-bond donors (Lipinski definition) is 2. The quantitative estimate of drug-likeness (QED) is 0.683. The highest BCUT2D eigenvalue weighted by Gasteiger charge is 2.17. The van der Waals surface area contributed by atoms with Crippen molar-refractivity contribution >= 4 is 6.03 Å². The number of rotatable bonds is 4. The minimum absolute atomic E-state index is 0.0287. The maximum atomic E-state index is 11.6. The fourth-order valence-electron chi connectivity index (χ4n) is 1.82. The molecule has 1 aliphatic carbocycles. The minimum atomic E-state index is -0.0287. The second-order valence-corrected chi connectivity index (χ2v) is 4.08. The van der Waals surface area contributed by atoms with Crippen molar-refractivity contribution in [1.82, 2.24) is 10.2 Å². The topological polar surface area (TPSA) is 67.6 Å². The van der Waals surface area contributed by atoms with Gasteiger partial charge in [-0.05, 0) is 12.8 Å². The van der Waals surface area contributed by atoms with Crippen LogP contribution in [0.4, 0.5) is 4.79 Å². The summed E-state index contributed by atoms with van der Waals surface area (Å²) in [5.41, 5.74) is 0. The first-order valence-corrected chi connectivity index (χ1v) is 5.57. The molecule has 0 aliphatic heterocycles. The Morgan fingerprint density at radius 2 is 2.13 bits per heavy atom. The van der Waals surface area contributed by atoms with Crippen molar-refractivity contribution in [2.75, 3.05) is 20.2 Å². The van der Waals surface area contributed by atoms with E-state index in [0.29, 0.717) is 19.2 Å². The van der Waals surface area contributed by atoms with E-state index in [2.05, 4.69) is 10.2 Å². The number of hydrogen-bond acceptors (Lipinski definition) is 3. The third-order valence-electron chi connectivity index (χ3n) is 2.82. The number of carbonyl (C=O) groups excluding carboxylic acids is 1. The second-order valence-electron chi connectivity index (χ2n) is 4.08. The van der Waals surface area contributed by atoms with Crippen molar-refractivity contribution in [2.24, 2.45) is 5.90 Å². The van der Waals surface area contributed by atoms with Gasteiger partial charge in [-0.3, -0.25) is 0 Å². The van der Waals surface area contributed by atoms with E-state index in [9.17, 15) is 4.79 Å². The van der Waals surface area contributed by atoms with Gasteiger partial charge in [0.25, 0.3) is 0 Å². The second kappa shape index (κ2) is 6.63. The molecule has 2 amide bonds. The fourth-order valence-corrected chi connectivity index (χ4v) is 1.82. The summed E-state index contributed by atoms with van der Waals surface area (Å²) in [5, 5.41) is 3.02. The zero-order valence-corrected chi connectivity index (χ0v) is 9.37. The summed E-state index contributed by atoms with van der Waals surface area (Å²) in [7, 11) is 1.75.